The molecule has 122 valence electrons. The molecule has 0 saturated carbocycles. The Kier molecular flexibility index (Phi) is 4.33. The van der Waals surface area contributed by atoms with Crippen LogP contribution in [0.25, 0.3) is 10.9 Å². The maximum Gasteiger partial charge on any atom is 0.354 e. The van der Waals surface area contributed by atoms with E-state index in [9.17, 15) is 9.90 Å². The lowest BCUT2D eigenvalue weighted by Gasteiger charge is -2.12. The number of hydrogen-bond acceptors (Lipinski definition) is 4. The molecule has 3 aromatic rings. The van der Waals surface area contributed by atoms with Crippen LogP contribution in [0.15, 0.2) is 48.5 Å². The molecule has 0 aliphatic carbocycles. The molecular weight excluding hydrogens is 304 g/mol. The third kappa shape index (κ3) is 3.30. The maximum atomic E-state index is 11.3. The van der Waals surface area contributed by atoms with E-state index >= 15 is 0 Å². The molecule has 0 saturated heterocycles. The molecule has 0 amide bonds. The predicted octanol–water partition coefficient (Wildman–Crippen LogP) is 4.38. The number of hydrogen-bond donors (Lipinski definition) is 2. The average molecular weight is 322 g/mol. The van der Waals surface area contributed by atoms with E-state index in [2.05, 4.69) is 10.3 Å². The lowest BCUT2D eigenvalue weighted by atomic mass is 10.1. The van der Waals surface area contributed by atoms with Gasteiger partial charge in [0.05, 0.1) is 17.8 Å². The number of ether oxygens (including phenoxy) is 1. The number of aromatic carboxylic acids is 1. The van der Waals surface area contributed by atoms with Crippen molar-refractivity contribution in [2.45, 2.75) is 13.8 Å². The first kappa shape index (κ1) is 15.8. The fourth-order valence-electron chi connectivity index (χ4n) is 2.51. The van der Waals surface area contributed by atoms with Crippen LogP contribution in [-0.4, -0.2) is 22.7 Å². The second kappa shape index (κ2) is 6.58. The van der Waals surface area contributed by atoms with Gasteiger partial charge in [-0.3, -0.25) is 0 Å². The Balaban J connectivity index is 2.03. The summed E-state index contributed by atoms with van der Waals surface area (Å²) in [6.45, 7) is 4.54. The number of carboxylic acids is 1. The van der Waals surface area contributed by atoms with Crippen LogP contribution in [0.2, 0.25) is 0 Å². The third-order valence-corrected chi connectivity index (χ3v) is 3.63. The monoisotopic (exact) mass is 322 g/mol. The summed E-state index contributed by atoms with van der Waals surface area (Å²) in [5.41, 5.74) is 3.31. The summed E-state index contributed by atoms with van der Waals surface area (Å²) in [5, 5.41) is 13.4. The van der Waals surface area contributed by atoms with E-state index in [0.717, 1.165) is 22.4 Å². The number of anilines is 2. The Morgan fingerprint density at radius 1 is 1.17 bits per heavy atom. The number of rotatable bonds is 5. The number of aryl methyl sites for hydroxylation is 1. The zero-order chi connectivity index (χ0) is 17.1. The van der Waals surface area contributed by atoms with E-state index in [-0.39, 0.29) is 5.69 Å². The minimum Gasteiger partial charge on any atom is -0.494 e. The van der Waals surface area contributed by atoms with E-state index < -0.39 is 5.97 Å². The number of benzene rings is 2. The Hall–Kier alpha value is -3.08. The van der Waals surface area contributed by atoms with Gasteiger partial charge < -0.3 is 15.2 Å². The molecule has 1 heterocycles. The van der Waals surface area contributed by atoms with E-state index in [4.69, 9.17) is 4.74 Å². The highest BCUT2D eigenvalue weighted by atomic mass is 16.5. The second-order valence-electron chi connectivity index (χ2n) is 5.46. The van der Waals surface area contributed by atoms with Gasteiger partial charge in [0.2, 0.25) is 0 Å². The molecule has 0 radical (unpaired) electrons. The normalized spacial score (nSPS) is 10.6. The number of pyridine rings is 1. The van der Waals surface area contributed by atoms with Gasteiger partial charge in [-0.1, -0.05) is 11.6 Å². The highest BCUT2D eigenvalue weighted by Gasteiger charge is 2.11. The van der Waals surface area contributed by atoms with Crippen molar-refractivity contribution in [2.24, 2.45) is 0 Å². The zero-order valence-corrected chi connectivity index (χ0v) is 13.5. The fraction of sp³-hybridized carbons (Fsp3) is 0.158. The first-order valence-electron chi connectivity index (χ1n) is 7.71. The molecule has 0 atom stereocenters. The minimum absolute atomic E-state index is 0.0137. The Morgan fingerprint density at radius 3 is 2.58 bits per heavy atom. The summed E-state index contributed by atoms with van der Waals surface area (Å²) in [4.78, 5) is 15.5. The molecule has 5 nitrogen and oxygen atoms in total. The molecule has 24 heavy (non-hydrogen) atoms. The minimum atomic E-state index is -1.05. The van der Waals surface area contributed by atoms with Crippen LogP contribution in [0.1, 0.15) is 23.0 Å². The number of nitrogens with one attached hydrogen (secondary N) is 1. The predicted molar refractivity (Wildman–Crippen MR) is 94.3 cm³/mol. The molecule has 0 spiro atoms. The van der Waals surface area contributed by atoms with Crippen molar-refractivity contribution >= 4 is 28.2 Å². The quantitative estimate of drug-likeness (QED) is 0.729. The summed E-state index contributed by atoms with van der Waals surface area (Å²) in [7, 11) is 0. The largest absolute Gasteiger partial charge is 0.494 e. The third-order valence-electron chi connectivity index (χ3n) is 3.63. The molecule has 2 N–H and O–H groups in total. The van der Waals surface area contributed by atoms with Crippen LogP contribution in [0, 0.1) is 6.92 Å². The van der Waals surface area contributed by atoms with Gasteiger partial charge in [-0.15, -0.1) is 0 Å². The molecule has 0 fully saturated rings. The van der Waals surface area contributed by atoms with Gasteiger partial charge in [-0.2, -0.15) is 0 Å². The van der Waals surface area contributed by atoms with Gasteiger partial charge in [0.1, 0.15) is 5.75 Å². The van der Waals surface area contributed by atoms with Gasteiger partial charge >= 0.3 is 5.97 Å². The topological polar surface area (TPSA) is 71.5 Å². The van der Waals surface area contributed by atoms with Crippen LogP contribution in [0.3, 0.4) is 0 Å². The maximum absolute atomic E-state index is 11.3. The standard InChI is InChI=1S/C19H18N2O3/c1-3-24-14-7-5-13(6-8-14)20-17-11-18(19(22)23)21-16-9-4-12(2)10-15(16)17/h4-11H,3H2,1-2H3,(H,20,21)(H,22,23). The first-order chi connectivity index (χ1) is 11.6. The van der Waals surface area contributed by atoms with Crippen molar-refractivity contribution in [3.05, 3.63) is 59.8 Å². The molecule has 5 heteroatoms. The van der Waals surface area contributed by atoms with Crippen LogP contribution in [0.4, 0.5) is 11.4 Å². The Labute approximate surface area is 139 Å². The van der Waals surface area contributed by atoms with Gasteiger partial charge in [0.15, 0.2) is 5.69 Å². The first-order valence-corrected chi connectivity index (χ1v) is 7.71. The zero-order valence-electron chi connectivity index (χ0n) is 13.5. The molecular formula is C19H18N2O3. The summed E-state index contributed by atoms with van der Waals surface area (Å²) >= 11 is 0. The molecule has 1 aromatic heterocycles. The van der Waals surface area contributed by atoms with Crippen molar-refractivity contribution in [1.82, 2.24) is 4.98 Å². The van der Waals surface area contributed by atoms with Crippen molar-refractivity contribution in [3.63, 3.8) is 0 Å². The Morgan fingerprint density at radius 2 is 1.92 bits per heavy atom. The number of carbonyl (C=O) groups is 1. The second-order valence-corrected chi connectivity index (χ2v) is 5.46. The number of carboxylic acid groups (broad SMARTS) is 1. The summed E-state index contributed by atoms with van der Waals surface area (Å²) in [6, 6.07) is 14.8. The van der Waals surface area contributed by atoms with Crippen LogP contribution >= 0.6 is 0 Å². The molecule has 2 aromatic carbocycles. The van der Waals surface area contributed by atoms with Crippen molar-refractivity contribution < 1.29 is 14.6 Å². The van der Waals surface area contributed by atoms with Gasteiger partial charge in [0, 0.05) is 11.1 Å². The summed E-state index contributed by atoms with van der Waals surface area (Å²) in [6.07, 6.45) is 0. The lowest BCUT2D eigenvalue weighted by molar-refractivity contribution is 0.0691. The van der Waals surface area contributed by atoms with Gasteiger partial charge in [-0.05, 0) is 56.3 Å². The molecule has 0 unspecified atom stereocenters. The van der Waals surface area contributed by atoms with Crippen LogP contribution in [-0.2, 0) is 0 Å². The van der Waals surface area contributed by atoms with Gasteiger partial charge in [0.25, 0.3) is 0 Å². The SMILES string of the molecule is CCOc1ccc(Nc2cc(C(=O)O)nc3ccc(C)cc23)cc1. The number of aromatic nitrogens is 1. The Bertz CT molecular complexity index is 889. The molecule has 0 bridgehead atoms. The smallest absolute Gasteiger partial charge is 0.354 e. The van der Waals surface area contributed by atoms with E-state index in [0.29, 0.717) is 17.8 Å². The molecule has 3 rings (SSSR count). The summed E-state index contributed by atoms with van der Waals surface area (Å²) in [5.74, 6) is -0.253. The van der Waals surface area contributed by atoms with Crippen LogP contribution in [0.5, 0.6) is 5.75 Å². The van der Waals surface area contributed by atoms with E-state index in [1.807, 2.05) is 56.3 Å². The van der Waals surface area contributed by atoms with E-state index in [1.54, 1.807) is 6.07 Å². The summed E-state index contributed by atoms with van der Waals surface area (Å²) < 4.78 is 5.43. The van der Waals surface area contributed by atoms with Crippen molar-refractivity contribution in [2.75, 3.05) is 11.9 Å². The lowest BCUT2D eigenvalue weighted by Crippen LogP contribution is -2.03. The average Bonchev–Trinajstić information content (AvgIpc) is 2.57. The highest BCUT2D eigenvalue weighted by molar-refractivity contribution is 5.98. The van der Waals surface area contributed by atoms with Crippen molar-refractivity contribution in [1.29, 1.82) is 0 Å². The fourth-order valence-corrected chi connectivity index (χ4v) is 2.51. The number of nitrogens with zero attached hydrogens (tertiary/aromatic N) is 1. The van der Waals surface area contributed by atoms with Gasteiger partial charge in [-0.25, -0.2) is 9.78 Å². The molecule has 0 aliphatic rings. The van der Waals surface area contributed by atoms with Crippen molar-refractivity contribution in [3.8, 4) is 5.75 Å². The van der Waals surface area contributed by atoms with Crippen LogP contribution < -0.4 is 10.1 Å². The highest BCUT2D eigenvalue weighted by Crippen LogP contribution is 2.28. The number of fused-ring (bicyclic) bond motifs is 1. The van der Waals surface area contributed by atoms with E-state index in [1.165, 1.54) is 0 Å². The molecule has 0 aliphatic heterocycles.